The molecule has 3 N–H and O–H groups in total. The van der Waals surface area contributed by atoms with Gasteiger partial charge in [0.2, 0.25) is 5.91 Å². The van der Waals surface area contributed by atoms with Crippen LogP contribution < -0.4 is 11.1 Å². The van der Waals surface area contributed by atoms with Crippen LogP contribution in [-0.2, 0) is 4.79 Å². The molecule has 1 saturated carbocycles. The molecule has 2 rings (SSSR count). The topological polar surface area (TPSA) is 58.4 Å². The molecule has 86 valence electrons. The number of nitrogens with one attached hydrogen (secondary N) is 1. The second-order valence-corrected chi connectivity index (χ2v) is 4.88. The van der Waals surface area contributed by atoms with Crippen LogP contribution in [0.2, 0.25) is 0 Å². The smallest absolute Gasteiger partial charge is 0.224 e. The highest BCUT2D eigenvalue weighted by atomic mass is 16.2. The fraction of sp³-hybridized carbons (Fsp3) is 0.909. The number of hydrogen-bond donors (Lipinski definition) is 2. The molecule has 0 aromatic heterocycles. The summed E-state index contributed by atoms with van der Waals surface area (Å²) in [6.45, 7) is 1.95. The van der Waals surface area contributed by atoms with Crippen molar-refractivity contribution in [2.75, 3.05) is 20.1 Å². The zero-order valence-electron chi connectivity index (χ0n) is 9.41. The van der Waals surface area contributed by atoms with E-state index in [9.17, 15) is 4.79 Å². The van der Waals surface area contributed by atoms with Crippen LogP contribution in [0.15, 0.2) is 0 Å². The number of nitrogens with zero attached hydrogens (tertiary/aromatic N) is 1. The van der Waals surface area contributed by atoms with E-state index in [0.29, 0.717) is 6.04 Å². The Labute approximate surface area is 91.2 Å². The fourth-order valence-electron chi connectivity index (χ4n) is 2.27. The van der Waals surface area contributed by atoms with Crippen molar-refractivity contribution >= 4 is 5.91 Å². The van der Waals surface area contributed by atoms with Crippen LogP contribution in [0, 0.1) is 5.92 Å². The van der Waals surface area contributed by atoms with Crippen molar-refractivity contribution in [2.45, 2.75) is 37.8 Å². The number of likely N-dealkylation sites (N-methyl/N-ethyl adjacent to an activating group) is 1. The third-order valence-electron chi connectivity index (χ3n) is 3.61. The van der Waals surface area contributed by atoms with E-state index in [1.165, 1.54) is 19.3 Å². The number of carbonyl (C=O) groups excluding carboxylic acids is 1. The van der Waals surface area contributed by atoms with Gasteiger partial charge in [-0.15, -0.1) is 0 Å². The lowest BCUT2D eigenvalue weighted by Crippen LogP contribution is -2.45. The zero-order valence-corrected chi connectivity index (χ0v) is 9.41. The summed E-state index contributed by atoms with van der Waals surface area (Å²) >= 11 is 0. The summed E-state index contributed by atoms with van der Waals surface area (Å²) in [4.78, 5) is 13.9. The van der Waals surface area contributed by atoms with Crippen molar-refractivity contribution in [3.63, 3.8) is 0 Å². The van der Waals surface area contributed by atoms with Gasteiger partial charge in [-0.2, -0.15) is 0 Å². The van der Waals surface area contributed by atoms with Gasteiger partial charge in [0.1, 0.15) is 0 Å². The first-order valence-corrected chi connectivity index (χ1v) is 5.92. The van der Waals surface area contributed by atoms with Crippen molar-refractivity contribution in [1.29, 1.82) is 0 Å². The molecule has 3 unspecified atom stereocenters. The average Bonchev–Trinajstić information content (AvgIpc) is 2.94. The van der Waals surface area contributed by atoms with Crippen LogP contribution in [0.4, 0.5) is 0 Å². The van der Waals surface area contributed by atoms with Gasteiger partial charge >= 0.3 is 0 Å². The number of piperidine rings is 1. The third kappa shape index (κ3) is 2.69. The maximum absolute atomic E-state index is 11.6. The summed E-state index contributed by atoms with van der Waals surface area (Å²) in [5.41, 5.74) is 5.63. The van der Waals surface area contributed by atoms with Gasteiger partial charge in [0.05, 0.1) is 5.92 Å². The normalized spacial score (nSPS) is 36.3. The molecule has 1 aliphatic heterocycles. The minimum absolute atomic E-state index is 0.0962. The van der Waals surface area contributed by atoms with Crippen LogP contribution in [-0.4, -0.2) is 43.0 Å². The first kappa shape index (κ1) is 10.9. The van der Waals surface area contributed by atoms with Crippen molar-refractivity contribution in [1.82, 2.24) is 10.2 Å². The van der Waals surface area contributed by atoms with Crippen molar-refractivity contribution in [2.24, 2.45) is 11.7 Å². The molecular formula is C11H21N3O. The Hall–Kier alpha value is -0.610. The molecular weight excluding hydrogens is 190 g/mol. The van der Waals surface area contributed by atoms with Crippen LogP contribution in [0.3, 0.4) is 0 Å². The molecule has 0 aromatic carbocycles. The SMILES string of the molecule is CN1CCCCC1CNC(=O)C1CC1N. The van der Waals surface area contributed by atoms with Gasteiger partial charge in [-0.05, 0) is 32.9 Å². The summed E-state index contributed by atoms with van der Waals surface area (Å²) in [7, 11) is 2.14. The van der Waals surface area contributed by atoms with Crippen LogP contribution >= 0.6 is 0 Å². The number of amides is 1. The molecule has 1 amide bonds. The van der Waals surface area contributed by atoms with E-state index >= 15 is 0 Å². The van der Waals surface area contributed by atoms with Gasteiger partial charge in [0, 0.05) is 18.6 Å². The number of rotatable bonds is 3. The maximum Gasteiger partial charge on any atom is 0.224 e. The molecule has 15 heavy (non-hydrogen) atoms. The molecule has 0 radical (unpaired) electrons. The second kappa shape index (κ2) is 4.49. The zero-order chi connectivity index (χ0) is 10.8. The standard InChI is InChI=1S/C11H21N3O/c1-14-5-3-2-4-8(14)7-13-11(15)9-6-10(9)12/h8-10H,2-7,12H2,1H3,(H,13,15). The van der Waals surface area contributed by atoms with Crippen molar-refractivity contribution in [3.05, 3.63) is 0 Å². The first-order chi connectivity index (χ1) is 7.18. The largest absolute Gasteiger partial charge is 0.354 e. The van der Waals surface area contributed by atoms with E-state index < -0.39 is 0 Å². The predicted molar refractivity (Wildman–Crippen MR) is 59.4 cm³/mol. The summed E-state index contributed by atoms with van der Waals surface area (Å²) in [6, 6.07) is 0.645. The second-order valence-electron chi connectivity index (χ2n) is 4.88. The molecule has 2 aliphatic rings. The van der Waals surface area contributed by atoms with E-state index in [1.807, 2.05) is 0 Å². The molecule has 2 fully saturated rings. The summed E-state index contributed by atoms with van der Waals surface area (Å²) in [5.74, 6) is 0.250. The predicted octanol–water partition coefficient (Wildman–Crippen LogP) is -0.0659. The highest BCUT2D eigenvalue weighted by Gasteiger charge is 2.40. The quantitative estimate of drug-likeness (QED) is 0.687. The van der Waals surface area contributed by atoms with E-state index in [2.05, 4.69) is 17.3 Å². The Bertz CT molecular complexity index is 244. The summed E-state index contributed by atoms with van der Waals surface area (Å²) in [6.07, 6.45) is 4.64. The van der Waals surface area contributed by atoms with Gasteiger partial charge in [-0.1, -0.05) is 6.42 Å². The minimum atomic E-state index is 0.0962. The van der Waals surface area contributed by atoms with Gasteiger partial charge in [-0.3, -0.25) is 4.79 Å². The molecule has 0 aromatic rings. The molecule has 3 atom stereocenters. The Morgan fingerprint density at radius 1 is 1.53 bits per heavy atom. The number of nitrogens with two attached hydrogens (primary N) is 1. The Morgan fingerprint density at radius 3 is 2.87 bits per heavy atom. The maximum atomic E-state index is 11.6. The molecule has 0 bridgehead atoms. The van der Waals surface area contributed by atoms with Gasteiger partial charge in [-0.25, -0.2) is 0 Å². The van der Waals surface area contributed by atoms with Crippen LogP contribution in [0.1, 0.15) is 25.7 Å². The average molecular weight is 211 g/mol. The summed E-state index contributed by atoms with van der Waals surface area (Å²) in [5, 5.41) is 3.01. The Kier molecular flexibility index (Phi) is 3.26. The van der Waals surface area contributed by atoms with E-state index in [1.54, 1.807) is 0 Å². The number of likely N-dealkylation sites (tertiary alicyclic amines) is 1. The molecule has 0 spiro atoms. The molecule has 1 aliphatic carbocycles. The van der Waals surface area contributed by atoms with E-state index in [4.69, 9.17) is 5.73 Å². The lowest BCUT2D eigenvalue weighted by Gasteiger charge is -2.32. The fourth-order valence-corrected chi connectivity index (χ4v) is 2.27. The highest BCUT2D eigenvalue weighted by molar-refractivity contribution is 5.82. The molecule has 4 heteroatoms. The number of hydrogen-bond acceptors (Lipinski definition) is 3. The van der Waals surface area contributed by atoms with E-state index in [0.717, 1.165) is 19.5 Å². The lowest BCUT2D eigenvalue weighted by molar-refractivity contribution is -0.122. The van der Waals surface area contributed by atoms with Crippen molar-refractivity contribution in [3.8, 4) is 0 Å². The van der Waals surface area contributed by atoms with Crippen molar-refractivity contribution < 1.29 is 4.79 Å². The minimum Gasteiger partial charge on any atom is -0.354 e. The Morgan fingerprint density at radius 2 is 2.27 bits per heavy atom. The first-order valence-electron chi connectivity index (χ1n) is 5.92. The molecule has 1 saturated heterocycles. The number of carbonyl (C=O) groups is 1. The lowest BCUT2D eigenvalue weighted by atomic mass is 10.0. The molecule has 4 nitrogen and oxygen atoms in total. The van der Waals surface area contributed by atoms with E-state index in [-0.39, 0.29) is 17.9 Å². The van der Waals surface area contributed by atoms with Crippen LogP contribution in [0.25, 0.3) is 0 Å². The van der Waals surface area contributed by atoms with Gasteiger partial charge in [0.25, 0.3) is 0 Å². The molecule has 1 heterocycles. The summed E-state index contributed by atoms with van der Waals surface area (Å²) < 4.78 is 0. The monoisotopic (exact) mass is 211 g/mol. The van der Waals surface area contributed by atoms with Crippen LogP contribution in [0.5, 0.6) is 0 Å². The van der Waals surface area contributed by atoms with Gasteiger partial charge < -0.3 is 16.0 Å². The Balaban J connectivity index is 1.70. The third-order valence-corrected chi connectivity index (χ3v) is 3.61. The van der Waals surface area contributed by atoms with Gasteiger partial charge in [0.15, 0.2) is 0 Å². The highest BCUT2D eigenvalue weighted by Crippen LogP contribution is 2.27.